The van der Waals surface area contributed by atoms with Gasteiger partial charge < -0.3 is 24.7 Å². The van der Waals surface area contributed by atoms with Crippen LogP contribution in [0.15, 0.2) is 89.5 Å². The molecule has 8 heteroatoms. The SMILES string of the molecule is CCOc1ccc(-c2ccc([C@@H]3[C@H](c4ccccn4)NC(=S)N3CCC(=O)Nc3ccccc3CC)o2)cc1. The molecule has 0 saturated carbocycles. The molecule has 2 aromatic carbocycles. The van der Waals surface area contributed by atoms with Gasteiger partial charge in [-0.3, -0.25) is 9.78 Å². The molecule has 1 aliphatic heterocycles. The molecule has 5 rings (SSSR count). The van der Waals surface area contributed by atoms with Crippen LogP contribution in [-0.2, 0) is 11.2 Å². The quantitative estimate of drug-likeness (QED) is 0.228. The van der Waals surface area contributed by atoms with E-state index in [4.69, 9.17) is 21.4 Å². The number of pyridine rings is 1. The van der Waals surface area contributed by atoms with E-state index in [1.165, 1.54) is 0 Å². The first-order chi connectivity index (χ1) is 19.1. The zero-order valence-electron chi connectivity index (χ0n) is 22.1. The third-order valence-corrected chi connectivity index (χ3v) is 7.17. The molecule has 2 N–H and O–H groups in total. The number of hydrogen-bond donors (Lipinski definition) is 2. The zero-order valence-corrected chi connectivity index (χ0v) is 22.9. The lowest BCUT2D eigenvalue weighted by molar-refractivity contribution is -0.116. The van der Waals surface area contributed by atoms with Crippen LogP contribution >= 0.6 is 12.2 Å². The number of benzene rings is 2. The molecule has 4 aromatic rings. The summed E-state index contributed by atoms with van der Waals surface area (Å²) in [6, 6.07) is 25.0. The summed E-state index contributed by atoms with van der Waals surface area (Å²) in [5, 5.41) is 7.05. The lowest BCUT2D eigenvalue weighted by atomic mass is 10.0. The lowest BCUT2D eigenvalue weighted by Crippen LogP contribution is -2.32. The fourth-order valence-electron chi connectivity index (χ4n) is 4.89. The number of amides is 1. The van der Waals surface area contributed by atoms with E-state index in [1.807, 2.05) is 90.7 Å². The van der Waals surface area contributed by atoms with Crippen molar-refractivity contribution in [1.82, 2.24) is 15.2 Å². The first-order valence-corrected chi connectivity index (χ1v) is 13.7. The highest BCUT2D eigenvalue weighted by atomic mass is 32.1. The molecule has 0 bridgehead atoms. The average molecular weight is 541 g/mol. The molecule has 1 aliphatic rings. The van der Waals surface area contributed by atoms with E-state index >= 15 is 0 Å². The molecular weight excluding hydrogens is 508 g/mol. The van der Waals surface area contributed by atoms with Gasteiger partial charge in [-0.05, 0) is 85.7 Å². The van der Waals surface area contributed by atoms with Crippen LogP contribution in [0.5, 0.6) is 5.75 Å². The summed E-state index contributed by atoms with van der Waals surface area (Å²) in [6.07, 6.45) is 2.89. The summed E-state index contributed by atoms with van der Waals surface area (Å²) in [4.78, 5) is 19.6. The summed E-state index contributed by atoms with van der Waals surface area (Å²) >= 11 is 5.76. The second-order valence-electron chi connectivity index (χ2n) is 9.29. The van der Waals surface area contributed by atoms with Crippen LogP contribution in [0.2, 0.25) is 0 Å². The molecule has 3 heterocycles. The molecule has 1 saturated heterocycles. The minimum atomic E-state index is -0.264. The van der Waals surface area contributed by atoms with Gasteiger partial charge in [0, 0.05) is 30.4 Å². The lowest BCUT2D eigenvalue weighted by Gasteiger charge is -2.26. The van der Waals surface area contributed by atoms with Crippen molar-refractivity contribution >= 4 is 28.9 Å². The summed E-state index contributed by atoms with van der Waals surface area (Å²) in [5.74, 6) is 2.26. The van der Waals surface area contributed by atoms with Crippen LogP contribution in [0, 0.1) is 0 Å². The maximum atomic E-state index is 13.0. The predicted molar refractivity (Wildman–Crippen MR) is 157 cm³/mol. The molecule has 0 radical (unpaired) electrons. The van der Waals surface area contributed by atoms with Gasteiger partial charge in [-0.15, -0.1) is 0 Å². The number of para-hydroxylation sites is 1. The monoisotopic (exact) mass is 540 g/mol. The molecule has 200 valence electrons. The Morgan fingerprint density at radius 3 is 2.59 bits per heavy atom. The topological polar surface area (TPSA) is 79.6 Å². The van der Waals surface area contributed by atoms with Gasteiger partial charge in [0.1, 0.15) is 23.3 Å². The van der Waals surface area contributed by atoms with Crippen molar-refractivity contribution in [3.05, 3.63) is 102 Å². The van der Waals surface area contributed by atoms with Crippen molar-refractivity contribution in [1.29, 1.82) is 0 Å². The summed E-state index contributed by atoms with van der Waals surface area (Å²) in [6.45, 7) is 5.09. The van der Waals surface area contributed by atoms with E-state index in [2.05, 4.69) is 22.5 Å². The number of carbonyl (C=O) groups excluding carboxylic acids is 1. The van der Waals surface area contributed by atoms with Crippen molar-refractivity contribution in [2.75, 3.05) is 18.5 Å². The molecule has 39 heavy (non-hydrogen) atoms. The van der Waals surface area contributed by atoms with Crippen LogP contribution in [0.25, 0.3) is 11.3 Å². The van der Waals surface area contributed by atoms with Gasteiger partial charge >= 0.3 is 0 Å². The van der Waals surface area contributed by atoms with Gasteiger partial charge in [-0.25, -0.2) is 0 Å². The summed E-state index contributed by atoms with van der Waals surface area (Å²) in [5.41, 5.74) is 3.76. The van der Waals surface area contributed by atoms with E-state index in [-0.39, 0.29) is 24.4 Å². The Hall–Kier alpha value is -4.17. The van der Waals surface area contributed by atoms with E-state index < -0.39 is 0 Å². The fourth-order valence-corrected chi connectivity index (χ4v) is 5.22. The van der Waals surface area contributed by atoms with Crippen molar-refractivity contribution in [2.24, 2.45) is 0 Å². The van der Waals surface area contributed by atoms with Gasteiger partial charge in [0.2, 0.25) is 5.91 Å². The highest BCUT2D eigenvalue weighted by molar-refractivity contribution is 7.80. The Kier molecular flexibility index (Phi) is 8.22. The molecule has 1 fully saturated rings. The second-order valence-corrected chi connectivity index (χ2v) is 9.67. The van der Waals surface area contributed by atoms with Crippen LogP contribution in [0.4, 0.5) is 5.69 Å². The highest BCUT2D eigenvalue weighted by Gasteiger charge is 2.41. The fraction of sp³-hybridized carbons (Fsp3) is 0.258. The number of rotatable bonds is 10. The molecule has 2 aromatic heterocycles. The van der Waals surface area contributed by atoms with Crippen LogP contribution in [-0.4, -0.2) is 34.1 Å². The number of ether oxygens (including phenoxy) is 1. The number of hydrogen-bond acceptors (Lipinski definition) is 5. The zero-order chi connectivity index (χ0) is 27.2. The van der Waals surface area contributed by atoms with Crippen molar-refractivity contribution in [3.8, 4) is 17.1 Å². The standard InChI is InChI=1S/C31H32N4O3S/c1-3-21-9-5-6-10-24(21)33-28(36)18-20-35-30(29(34-31(35)39)25-11-7-8-19-32-25)27-17-16-26(38-27)22-12-14-23(15-13-22)37-4-2/h5-17,19,29-30H,3-4,18,20H2,1-2H3,(H,33,36)(H,34,39)/t29-,30+/m0/s1. The Morgan fingerprint density at radius 2 is 1.85 bits per heavy atom. The third kappa shape index (κ3) is 5.96. The molecule has 1 amide bonds. The highest BCUT2D eigenvalue weighted by Crippen LogP contribution is 2.40. The number of carbonyl (C=O) groups is 1. The number of nitrogens with zero attached hydrogens (tertiary/aromatic N) is 2. The number of nitrogens with one attached hydrogen (secondary N) is 2. The molecule has 0 spiro atoms. The predicted octanol–water partition coefficient (Wildman–Crippen LogP) is 6.30. The minimum absolute atomic E-state index is 0.0618. The molecule has 7 nitrogen and oxygen atoms in total. The normalized spacial score (nSPS) is 16.7. The van der Waals surface area contributed by atoms with E-state index in [0.29, 0.717) is 18.3 Å². The Labute approximate surface area is 234 Å². The maximum absolute atomic E-state index is 13.0. The molecule has 0 unspecified atom stereocenters. The summed E-state index contributed by atoms with van der Waals surface area (Å²) < 4.78 is 12.0. The van der Waals surface area contributed by atoms with Crippen LogP contribution in [0.1, 0.15) is 49.4 Å². The average Bonchev–Trinajstić information content (AvgIpc) is 3.58. The number of anilines is 1. The molecule has 0 aliphatic carbocycles. The van der Waals surface area contributed by atoms with E-state index in [0.717, 1.165) is 46.2 Å². The van der Waals surface area contributed by atoms with Crippen LogP contribution in [0.3, 0.4) is 0 Å². The first-order valence-electron chi connectivity index (χ1n) is 13.3. The van der Waals surface area contributed by atoms with Gasteiger partial charge in [-0.2, -0.15) is 0 Å². The number of aryl methyl sites for hydroxylation is 1. The van der Waals surface area contributed by atoms with Gasteiger partial charge in [0.25, 0.3) is 0 Å². The Morgan fingerprint density at radius 1 is 1.05 bits per heavy atom. The van der Waals surface area contributed by atoms with E-state index in [9.17, 15) is 4.79 Å². The third-order valence-electron chi connectivity index (χ3n) is 6.82. The van der Waals surface area contributed by atoms with Gasteiger partial charge in [0.05, 0.1) is 18.3 Å². The Bertz CT molecular complexity index is 1420. The van der Waals surface area contributed by atoms with E-state index in [1.54, 1.807) is 6.20 Å². The second kappa shape index (κ2) is 12.1. The molecule has 2 atom stereocenters. The van der Waals surface area contributed by atoms with Crippen LogP contribution < -0.4 is 15.4 Å². The van der Waals surface area contributed by atoms with Crippen molar-refractivity contribution < 1.29 is 13.9 Å². The minimum Gasteiger partial charge on any atom is -0.494 e. The maximum Gasteiger partial charge on any atom is 0.226 e. The van der Waals surface area contributed by atoms with Crippen molar-refractivity contribution in [2.45, 2.75) is 38.8 Å². The number of thiocarbonyl (C=S) groups is 1. The van der Waals surface area contributed by atoms with Crippen molar-refractivity contribution in [3.63, 3.8) is 0 Å². The summed E-state index contributed by atoms with van der Waals surface area (Å²) in [7, 11) is 0. The first kappa shape index (κ1) is 26.4. The largest absolute Gasteiger partial charge is 0.494 e. The Balaban J connectivity index is 1.38. The van der Waals surface area contributed by atoms with Gasteiger partial charge in [-0.1, -0.05) is 31.2 Å². The number of aromatic nitrogens is 1. The number of furan rings is 1. The smallest absolute Gasteiger partial charge is 0.226 e. The van der Waals surface area contributed by atoms with Gasteiger partial charge in [0.15, 0.2) is 5.11 Å². The molecular formula is C31H32N4O3S.